The Morgan fingerprint density at radius 1 is 1.00 bits per heavy atom. The zero-order valence-electron chi connectivity index (χ0n) is 9.41. The van der Waals surface area contributed by atoms with Crippen molar-refractivity contribution in [2.24, 2.45) is 5.73 Å². The Morgan fingerprint density at radius 2 is 1.39 bits per heavy atom. The molecule has 2 amide bonds. The fraction of sp³-hybridized carbons (Fsp3) is 0.200. The van der Waals surface area contributed by atoms with Gasteiger partial charge in [-0.2, -0.15) is 0 Å². The maximum Gasteiger partial charge on any atom is 0.259 e. The molecule has 0 bridgehead atoms. The van der Waals surface area contributed by atoms with Gasteiger partial charge in [-0.3, -0.25) is 19.2 Å². The van der Waals surface area contributed by atoms with Crippen molar-refractivity contribution in [1.82, 2.24) is 4.90 Å². The summed E-state index contributed by atoms with van der Waals surface area (Å²) in [4.78, 5) is 47.3. The van der Waals surface area contributed by atoms with Crippen LogP contribution in [0.3, 0.4) is 0 Å². The number of halogens is 2. The number of carbonyl (C=O) groups is 4. The lowest BCUT2D eigenvalue weighted by atomic mass is 9.95. The molecule has 0 saturated carbocycles. The van der Waals surface area contributed by atoms with Crippen LogP contribution in [0.2, 0.25) is 0 Å². The summed E-state index contributed by atoms with van der Waals surface area (Å²) >= 11 is 11.2. The van der Waals surface area contributed by atoms with Crippen molar-refractivity contribution in [2.45, 2.75) is 0 Å². The third-order valence-electron chi connectivity index (χ3n) is 2.16. The molecule has 1 aliphatic rings. The average Bonchev–Trinajstić information content (AvgIpc) is 2.26. The lowest BCUT2D eigenvalue weighted by molar-refractivity contribution is -0.128. The Labute approximate surface area is 112 Å². The number of carbonyl (C=O) groups excluding carboxylic acids is 4. The molecule has 0 saturated heterocycles. The van der Waals surface area contributed by atoms with Crippen LogP contribution in [0.5, 0.6) is 0 Å². The smallest absolute Gasteiger partial charge is 0.259 e. The SMILES string of the molecule is CN(C)C(=O)C1=C(Cl)C(=O)C(C(N)=O)=C(Cl)C1=O. The van der Waals surface area contributed by atoms with Crippen LogP contribution in [0, 0.1) is 0 Å². The van der Waals surface area contributed by atoms with Crippen LogP contribution < -0.4 is 5.73 Å². The fourth-order valence-corrected chi connectivity index (χ4v) is 1.82. The van der Waals surface area contributed by atoms with E-state index in [1.165, 1.54) is 14.1 Å². The Balaban J connectivity index is 3.45. The highest BCUT2D eigenvalue weighted by Gasteiger charge is 2.39. The van der Waals surface area contributed by atoms with Gasteiger partial charge in [0.1, 0.15) is 21.2 Å². The summed E-state index contributed by atoms with van der Waals surface area (Å²) in [5, 5.41) is -1.35. The first-order chi connectivity index (χ1) is 8.20. The van der Waals surface area contributed by atoms with Crippen LogP contribution in [0.4, 0.5) is 0 Å². The monoisotopic (exact) mass is 290 g/mol. The molecule has 0 fully saturated rings. The summed E-state index contributed by atoms with van der Waals surface area (Å²) in [6.07, 6.45) is 0. The van der Waals surface area contributed by atoms with Crippen molar-refractivity contribution in [1.29, 1.82) is 0 Å². The normalized spacial score (nSPS) is 16.2. The highest BCUT2D eigenvalue weighted by molar-refractivity contribution is 6.62. The van der Waals surface area contributed by atoms with Crippen molar-refractivity contribution >= 4 is 46.6 Å². The maximum absolute atomic E-state index is 11.8. The van der Waals surface area contributed by atoms with E-state index >= 15 is 0 Å². The van der Waals surface area contributed by atoms with Crippen LogP contribution in [-0.2, 0) is 19.2 Å². The van der Waals surface area contributed by atoms with Crippen LogP contribution >= 0.6 is 23.2 Å². The van der Waals surface area contributed by atoms with E-state index in [0.717, 1.165) is 4.90 Å². The summed E-state index contributed by atoms with van der Waals surface area (Å²) in [7, 11) is 2.75. The molecule has 8 heteroatoms. The summed E-state index contributed by atoms with van der Waals surface area (Å²) in [6.45, 7) is 0. The second kappa shape index (κ2) is 4.91. The minimum absolute atomic E-state index is 0.568. The summed E-state index contributed by atoms with van der Waals surface area (Å²) in [6, 6.07) is 0. The molecule has 1 aliphatic carbocycles. The van der Waals surface area contributed by atoms with E-state index in [1.54, 1.807) is 0 Å². The predicted molar refractivity (Wildman–Crippen MR) is 63.7 cm³/mol. The van der Waals surface area contributed by atoms with Gasteiger partial charge >= 0.3 is 0 Å². The molecule has 0 aromatic carbocycles. The Morgan fingerprint density at radius 3 is 1.78 bits per heavy atom. The van der Waals surface area contributed by atoms with Gasteiger partial charge in [-0.1, -0.05) is 23.2 Å². The van der Waals surface area contributed by atoms with Crippen molar-refractivity contribution in [2.75, 3.05) is 14.1 Å². The van der Waals surface area contributed by atoms with E-state index in [1.807, 2.05) is 0 Å². The number of nitrogens with two attached hydrogens (primary N) is 1. The molecule has 0 spiro atoms. The van der Waals surface area contributed by atoms with Crippen LogP contribution in [0.25, 0.3) is 0 Å². The van der Waals surface area contributed by atoms with Gasteiger partial charge in [-0.15, -0.1) is 0 Å². The molecular weight excluding hydrogens is 283 g/mol. The van der Waals surface area contributed by atoms with Gasteiger partial charge in [-0.05, 0) is 0 Å². The van der Waals surface area contributed by atoms with E-state index in [0.29, 0.717) is 0 Å². The quantitative estimate of drug-likeness (QED) is 0.557. The van der Waals surface area contributed by atoms with Gasteiger partial charge in [0.25, 0.3) is 11.8 Å². The van der Waals surface area contributed by atoms with Crippen molar-refractivity contribution < 1.29 is 19.2 Å². The average molecular weight is 291 g/mol. The third-order valence-corrected chi connectivity index (χ3v) is 2.88. The third kappa shape index (κ3) is 2.16. The molecule has 0 atom stereocenters. The first kappa shape index (κ1) is 14.4. The molecule has 96 valence electrons. The zero-order chi connectivity index (χ0) is 14.2. The van der Waals surface area contributed by atoms with E-state index in [-0.39, 0.29) is 0 Å². The molecule has 0 aromatic heterocycles. The number of allylic oxidation sites excluding steroid dienone is 2. The summed E-state index contributed by atoms with van der Waals surface area (Å²) in [5.74, 6) is -3.97. The molecule has 0 radical (unpaired) electrons. The topological polar surface area (TPSA) is 97.5 Å². The summed E-state index contributed by atoms with van der Waals surface area (Å²) in [5.41, 5.74) is 3.65. The van der Waals surface area contributed by atoms with Gasteiger partial charge in [0.2, 0.25) is 11.6 Å². The number of amides is 2. The minimum Gasteiger partial charge on any atom is -0.365 e. The van der Waals surface area contributed by atoms with Gasteiger partial charge in [0.15, 0.2) is 0 Å². The summed E-state index contributed by atoms with van der Waals surface area (Å²) < 4.78 is 0. The highest BCUT2D eigenvalue weighted by Crippen LogP contribution is 2.29. The number of primary amides is 1. The van der Waals surface area contributed by atoms with Crippen molar-refractivity contribution in [3.05, 3.63) is 21.2 Å². The molecule has 1 rings (SSSR count). The van der Waals surface area contributed by atoms with Gasteiger partial charge in [0.05, 0.1) is 0 Å². The van der Waals surface area contributed by atoms with Crippen molar-refractivity contribution in [3.8, 4) is 0 Å². The van der Waals surface area contributed by atoms with Crippen LogP contribution in [-0.4, -0.2) is 42.4 Å². The number of ketones is 2. The Bertz CT molecular complexity index is 546. The lowest BCUT2D eigenvalue weighted by Gasteiger charge is -2.18. The number of nitrogens with zero attached hydrogens (tertiary/aromatic N) is 1. The zero-order valence-corrected chi connectivity index (χ0v) is 10.9. The first-order valence-corrected chi connectivity index (χ1v) is 5.36. The second-order valence-electron chi connectivity index (χ2n) is 3.60. The van der Waals surface area contributed by atoms with Crippen molar-refractivity contribution in [3.63, 3.8) is 0 Å². The number of likely N-dealkylation sites (N-methyl/N-ethyl adjacent to an activating group) is 1. The minimum atomic E-state index is -1.17. The molecule has 18 heavy (non-hydrogen) atoms. The van der Waals surface area contributed by atoms with Crippen LogP contribution in [0.1, 0.15) is 0 Å². The standard InChI is InChI=1S/C10H8Cl2N2O4/c1-14(2)10(18)4-6(12)7(15)3(9(13)17)5(11)8(4)16/h1-2H3,(H2,13,17). The molecule has 0 aliphatic heterocycles. The molecule has 0 heterocycles. The fourth-order valence-electron chi connectivity index (χ4n) is 1.28. The highest BCUT2D eigenvalue weighted by atomic mass is 35.5. The molecule has 0 unspecified atom stereocenters. The van der Waals surface area contributed by atoms with Crippen LogP contribution in [0.15, 0.2) is 21.2 Å². The second-order valence-corrected chi connectivity index (χ2v) is 4.36. The number of hydrogen-bond donors (Lipinski definition) is 1. The van der Waals surface area contributed by atoms with E-state index in [2.05, 4.69) is 0 Å². The van der Waals surface area contributed by atoms with E-state index in [9.17, 15) is 19.2 Å². The maximum atomic E-state index is 11.8. The molecule has 0 aromatic rings. The molecular formula is C10H8Cl2N2O4. The Kier molecular flexibility index (Phi) is 3.93. The van der Waals surface area contributed by atoms with E-state index < -0.39 is 44.6 Å². The number of rotatable bonds is 2. The molecule has 6 nitrogen and oxygen atoms in total. The van der Waals surface area contributed by atoms with Gasteiger partial charge in [-0.25, -0.2) is 0 Å². The first-order valence-electron chi connectivity index (χ1n) is 4.60. The van der Waals surface area contributed by atoms with E-state index in [4.69, 9.17) is 28.9 Å². The predicted octanol–water partition coefficient (Wildman–Crippen LogP) is -0.303. The largest absolute Gasteiger partial charge is 0.365 e. The van der Waals surface area contributed by atoms with Gasteiger partial charge in [0, 0.05) is 14.1 Å². The number of hydrogen-bond acceptors (Lipinski definition) is 4. The van der Waals surface area contributed by atoms with Gasteiger partial charge < -0.3 is 10.6 Å². The lowest BCUT2D eigenvalue weighted by Crippen LogP contribution is -2.35. The molecule has 2 N–H and O–H groups in total. The Hall–Kier alpha value is -1.66. The number of Topliss-reactive ketones (excluding diaryl/α,β-unsaturated/α-hetero) is 2.